The molecule has 3 rings (SSSR count). The van der Waals surface area contributed by atoms with Crippen LogP contribution in [0.2, 0.25) is 5.02 Å². The van der Waals surface area contributed by atoms with Crippen molar-refractivity contribution in [3.63, 3.8) is 0 Å². The first-order valence-corrected chi connectivity index (χ1v) is 11.3. The molecule has 4 nitrogen and oxygen atoms in total. The predicted octanol–water partition coefficient (Wildman–Crippen LogP) is 4.98. The molecule has 0 aromatic heterocycles. The van der Waals surface area contributed by atoms with E-state index in [4.69, 9.17) is 16.3 Å². The highest BCUT2D eigenvalue weighted by Gasteiger charge is 2.27. The molecule has 1 aromatic rings. The van der Waals surface area contributed by atoms with Crippen molar-refractivity contribution >= 4 is 17.5 Å². The van der Waals surface area contributed by atoms with Gasteiger partial charge in [-0.1, -0.05) is 24.4 Å². The lowest BCUT2D eigenvalue weighted by Gasteiger charge is -2.37. The van der Waals surface area contributed by atoms with E-state index in [1.54, 1.807) is 0 Å². The number of hydrogen-bond donors (Lipinski definition) is 0. The zero-order valence-electron chi connectivity index (χ0n) is 17.5. The summed E-state index contributed by atoms with van der Waals surface area (Å²) in [6, 6.07) is 4.19. The van der Waals surface area contributed by atoms with Crippen molar-refractivity contribution in [1.82, 2.24) is 9.80 Å². The van der Waals surface area contributed by atoms with Crippen LogP contribution in [0.5, 0.6) is 5.75 Å². The fourth-order valence-electron chi connectivity index (χ4n) is 4.54. The van der Waals surface area contributed by atoms with Gasteiger partial charge in [0.15, 0.2) is 6.61 Å². The van der Waals surface area contributed by atoms with Gasteiger partial charge in [-0.15, -0.1) is 0 Å². The van der Waals surface area contributed by atoms with E-state index in [1.807, 2.05) is 26.0 Å². The van der Waals surface area contributed by atoms with E-state index in [-0.39, 0.29) is 12.5 Å². The Labute approximate surface area is 175 Å². The Morgan fingerprint density at radius 2 is 1.68 bits per heavy atom. The largest absolute Gasteiger partial charge is 0.484 e. The van der Waals surface area contributed by atoms with Gasteiger partial charge >= 0.3 is 0 Å². The normalized spacial score (nSPS) is 21.4. The molecule has 0 N–H and O–H groups in total. The number of carbonyl (C=O) groups excluding carboxylic acids is 1. The number of rotatable bonds is 6. The SMILES string of the molecule is Cc1cc(OCC(=O)N2CCCC[C@@H]2CCN2CCCCCC2)cc(C)c1Cl. The maximum Gasteiger partial charge on any atom is 0.260 e. The molecule has 28 heavy (non-hydrogen) atoms. The molecule has 0 aliphatic carbocycles. The second-order valence-electron chi connectivity index (χ2n) is 8.44. The number of hydrogen-bond acceptors (Lipinski definition) is 3. The van der Waals surface area contributed by atoms with E-state index < -0.39 is 0 Å². The second kappa shape index (κ2) is 10.5. The smallest absolute Gasteiger partial charge is 0.260 e. The molecular formula is C23H35ClN2O2. The van der Waals surface area contributed by atoms with Crippen molar-refractivity contribution in [3.8, 4) is 5.75 Å². The first-order valence-electron chi connectivity index (χ1n) is 11.0. The number of likely N-dealkylation sites (tertiary alicyclic amines) is 2. The van der Waals surface area contributed by atoms with Crippen molar-refractivity contribution in [1.29, 1.82) is 0 Å². The van der Waals surface area contributed by atoms with Crippen LogP contribution in [-0.4, -0.2) is 54.5 Å². The first kappa shape index (κ1) is 21.4. The zero-order chi connectivity index (χ0) is 19.9. The van der Waals surface area contributed by atoms with Crippen LogP contribution >= 0.6 is 11.6 Å². The minimum atomic E-state index is 0.112. The third kappa shape index (κ3) is 5.87. The molecule has 0 unspecified atom stereocenters. The Morgan fingerprint density at radius 1 is 1.04 bits per heavy atom. The minimum Gasteiger partial charge on any atom is -0.484 e. The summed E-state index contributed by atoms with van der Waals surface area (Å²) in [5.41, 5.74) is 1.97. The Morgan fingerprint density at radius 3 is 2.36 bits per heavy atom. The van der Waals surface area contributed by atoms with Gasteiger partial charge in [-0.3, -0.25) is 4.79 Å². The van der Waals surface area contributed by atoms with Crippen molar-refractivity contribution in [2.75, 3.05) is 32.8 Å². The van der Waals surface area contributed by atoms with E-state index in [1.165, 1.54) is 45.2 Å². The van der Waals surface area contributed by atoms with Gasteiger partial charge in [0.2, 0.25) is 0 Å². The van der Waals surface area contributed by atoms with Crippen molar-refractivity contribution in [3.05, 3.63) is 28.3 Å². The topological polar surface area (TPSA) is 32.8 Å². The summed E-state index contributed by atoms with van der Waals surface area (Å²) in [5.74, 6) is 0.844. The van der Waals surface area contributed by atoms with Gasteiger partial charge in [0.05, 0.1) is 0 Å². The second-order valence-corrected chi connectivity index (χ2v) is 8.82. The summed E-state index contributed by atoms with van der Waals surface area (Å²) in [6.07, 6.45) is 9.92. The number of ether oxygens (including phenoxy) is 1. The van der Waals surface area contributed by atoms with E-state index in [0.29, 0.717) is 6.04 Å². The van der Waals surface area contributed by atoms with Gasteiger partial charge in [0.1, 0.15) is 5.75 Å². The molecule has 0 spiro atoms. The average molecular weight is 407 g/mol. The lowest BCUT2D eigenvalue weighted by Crippen LogP contribution is -2.47. The third-order valence-corrected chi connectivity index (χ3v) is 6.79. The number of nitrogens with zero attached hydrogens (tertiary/aromatic N) is 2. The molecule has 2 aliphatic heterocycles. The van der Waals surface area contributed by atoms with Crippen LogP contribution in [0.15, 0.2) is 12.1 Å². The number of halogens is 1. The number of piperidine rings is 1. The summed E-state index contributed by atoms with van der Waals surface area (Å²) >= 11 is 6.23. The number of benzene rings is 1. The molecule has 1 aromatic carbocycles. The monoisotopic (exact) mass is 406 g/mol. The molecule has 0 bridgehead atoms. The van der Waals surface area contributed by atoms with Crippen LogP contribution in [0.1, 0.15) is 62.5 Å². The molecular weight excluding hydrogens is 372 g/mol. The standard InChI is InChI=1S/C23H35ClN2O2/c1-18-15-21(16-19(2)23(18)24)28-17-22(27)26-13-8-5-9-20(26)10-14-25-11-6-3-4-7-12-25/h15-16,20H,3-14,17H2,1-2H3/t20-/m1/s1. The summed E-state index contributed by atoms with van der Waals surface area (Å²) in [5, 5.41) is 0.767. The van der Waals surface area contributed by atoms with Crippen molar-refractivity contribution in [2.24, 2.45) is 0 Å². The summed E-state index contributed by atoms with van der Waals surface area (Å²) in [4.78, 5) is 17.6. The summed E-state index contributed by atoms with van der Waals surface area (Å²) in [7, 11) is 0. The average Bonchev–Trinajstić information content (AvgIpc) is 2.97. The highest BCUT2D eigenvalue weighted by atomic mass is 35.5. The van der Waals surface area contributed by atoms with E-state index >= 15 is 0 Å². The fraction of sp³-hybridized carbons (Fsp3) is 0.696. The molecule has 1 atom stereocenters. The predicted molar refractivity (Wildman–Crippen MR) is 115 cm³/mol. The Balaban J connectivity index is 1.53. The van der Waals surface area contributed by atoms with Gasteiger partial charge in [-0.25, -0.2) is 0 Å². The van der Waals surface area contributed by atoms with Crippen molar-refractivity contribution < 1.29 is 9.53 Å². The molecule has 5 heteroatoms. The van der Waals surface area contributed by atoms with Crippen LogP contribution in [0.4, 0.5) is 0 Å². The van der Waals surface area contributed by atoms with E-state index in [0.717, 1.165) is 54.3 Å². The lowest BCUT2D eigenvalue weighted by molar-refractivity contribution is -0.137. The molecule has 0 radical (unpaired) electrons. The molecule has 2 aliphatic rings. The van der Waals surface area contributed by atoms with Crippen LogP contribution in [0.25, 0.3) is 0 Å². The van der Waals surface area contributed by atoms with Gasteiger partial charge in [-0.05, 0) is 88.7 Å². The maximum atomic E-state index is 12.9. The van der Waals surface area contributed by atoms with Crippen LogP contribution in [0, 0.1) is 13.8 Å². The Hall–Kier alpha value is -1.26. The van der Waals surface area contributed by atoms with Gasteiger partial charge in [0, 0.05) is 24.2 Å². The summed E-state index contributed by atoms with van der Waals surface area (Å²) in [6.45, 7) is 8.47. The van der Waals surface area contributed by atoms with E-state index in [2.05, 4.69) is 9.80 Å². The number of amides is 1. The Kier molecular flexibility index (Phi) is 8.04. The fourth-order valence-corrected chi connectivity index (χ4v) is 4.65. The van der Waals surface area contributed by atoms with Gasteiger partial charge in [-0.2, -0.15) is 0 Å². The quantitative estimate of drug-likeness (QED) is 0.667. The van der Waals surface area contributed by atoms with Gasteiger partial charge in [0.25, 0.3) is 5.91 Å². The maximum absolute atomic E-state index is 12.9. The molecule has 0 saturated carbocycles. The number of aryl methyl sites for hydroxylation is 2. The van der Waals surface area contributed by atoms with Crippen molar-refractivity contribution in [2.45, 2.75) is 71.3 Å². The number of carbonyl (C=O) groups is 1. The summed E-state index contributed by atoms with van der Waals surface area (Å²) < 4.78 is 5.84. The van der Waals surface area contributed by atoms with Gasteiger partial charge < -0.3 is 14.5 Å². The Bertz CT molecular complexity index is 633. The zero-order valence-corrected chi connectivity index (χ0v) is 18.3. The molecule has 2 fully saturated rings. The van der Waals surface area contributed by atoms with Crippen LogP contribution in [-0.2, 0) is 4.79 Å². The minimum absolute atomic E-state index is 0.112. The lowest BCUT2D eigenvalue weighted by atomic mass is 9.99. The van der Waals surface area contributed by atoms with Crippen LogP contribution < -0.4 is 4.74 Å². The molecule has 1 amide bonds. The first-order chi connectivity index (χ1) is 13.5. The van der Waals surface area contributed by atoms with E-state index in [9.17, 15) is 4.79 Å². The third-order valence-electron chi connectivity index (χ3n) is 6.20. The molecule has 156 valence electrons. The highest BCUT2D eigenvalue weighted by molar-refractivity contribution is 6.32. The molecule has 2 heterocycles. The van der Waals surface area contributed by atoms with Crippen LogP contribution in [0.3, 0.4) is 0 Å². The highest BCUT2D eigenvalue weighted by Crippen LogP contribution is 2.26. The molecule has 2 saturated heterocycles.